The zero-order valence-electron chi connectivity index (χ0n) is 10.8. The van der Waals surface area contributed by atoms with E-state index in [2.05, 4.69) is 15.3 Å². The van der Waals surface area contributed by atoms with E-state index in [-0.39, 0.29) is 49.8 Å². The number of nitrogens with one attached hydrogen (secondary N) is 1. The first kappa shape index (κ1) is 16.5. The van der Waals surface area contributed by atoms with Crippen LogP contribution in [0.25, 0.3) is 0 Å². The zero-order chi connectivity index (χ0) is 15.0. The maximum atomic E-state index is 11.0. The van der Waals surface area contributed by atoms with Gasteiger partial charge >= 0.3 is 5.69 Å². The first-order valence-electron chi connectivity index (χ1n) is 5.72. The molecule has 0 spiro atoms. The van der Waals surface area contributed by atoms with Crippen molar-refractivity contribution in [2.75, 3.05) is 38.8 Å². The Morgan fingerprint density at radius 3 is 2.80 bits per heavy atom. The SMILES string of the molecule is COCc1nc(Cl)c([N+](=O)[O-])c(NCCOCCO)n1. The van der Waals surface area contributed by atoms with Gasteiger partial charge in [-0.15, -0.1) is 0 Å². The van der Waals surface area contributed by atoms with Gasteiger partial charge in [-0.05, 0) is 0 Å². The van der Waals surface area contributed by atoms with Crippen LogP contribution in [0.2, 0.25) is 5.15 Å². The summed E-state index contributed by atoms with van der Waals surface area (Å²) in [5, 5.41) is 22.0. The lowest BCUT2D eigenvalue weighted by Crippen LogP contribution is -2.14. The van der Waals surface area contributed by atoms with Crippen LogP contribution in [0.4, 0.5) is 11.5 Å². The zero-order valence-corrected chi connectivity index (χ0v) is 11.6. The predicted octanol–water partition coefficient (Wildman–Crippen LogP) is 0.605. The molecule has 0 aliphatic heterocycles. The first-order valence-corrected chi connectivity index (χ1v) is 6.10. The van der Waals surface area contributed by atoms with Gasteiger partial charge < -0.3 is 19.9 Å². The lowest BCUT2D eigenvalue weighted by Gasteiger charge is -2.08. The first-order chi connectivity index (χ1) is 9.60. The number of halogens is 1. The largest absolute Gasteiger partial charge is 0.394 e. The summed E-state index contributed by atoms with van der Waals surface area (Å²) in [7, 11) is 1.45. The van der Waals surface area contributed by atoms with E-state index in [1.807, 2.05) is 0 Å². The molecule has 112 valence electrons. The minimum Gasteiger partial charge on any atom is -0.394 e. The molecule has 0 bridgehead atoms. The number of ether oxygens (including phenoxy) is 2. The van der Waals surface area contributed by atoms with E-state index < -0.39 is 10.6 Å². The lowest BCUT2D eigenvalue weighted by atomic mass is 10.4. The van der Waals surface area contributed by atoms with Crippen molar-refractivity contribution >= 4 is 23.1 Å². The number of nitro groups is 1. The normalized spacial score (nSPS) is 10.6. The maximum Gasteiger partial charge on any atom is 0.348 e. The van der Waals surface area contributed by atoms with Gasteiger partial charge in [-0.2, -0.15) is 0 Å². The number of methoxy groups -OCH3 is 1. The third kappa shape index (κ3) is 4.85. The Morgan fingerprint density at radius 1 is 1.45 bits per heavy atom. The summed E-state index contributed by atoms with van der Waals surface area (Å²) in [5.41, 5.74) is -0.395. The summed E-state index contributed by atoms with van der Waals surface area (Å²) in [5.74, 6) is 0.247. The molecule has 0 aliphatic rings. The Hall–Kier alpha value is -1.55. The summed E-state index contributed by atoms with van der Waals surface area (Å²) in [4.78, 5) is 18.1. The highest BCUT2D eigenvalue weighted by Gasteiger charge is 2.23. The Kier molecular flexibility index (Phi) is 7.09. The summed E-state index contributed by atoms with van der Waals surface area (Å²) in [6.45, 7) is 0.744. The molecule has 9 nitrogen and oxygen atoms in total. The Morgan fingerprint density at radius 2 is 2.20 bits per heavy atom. The number of aliphatic hydroxyl groups excluding tert-OH is 1. The lowest BCUT2D eigenvalue weighted by molar-refractivity contribution is -0.384. The standard InChI is InChI=1S/C10H15ClN4O5/c1-19-6-7-13-9(11)8(15(17)18)10(14-7)12-2-4-20-5-3-16/h16H,2-6H2,1H3,(H,12,13,14). The molecule has 0 atom stereocenters. The molecular formula is C10H15ClN4O5. The van der Waals surface area contributed by atoms with E-state index >= 15 is 0 Å². The van der Waals surface area contributed by atoms with Crippen molar-refractivity contribution in [1.29, 1.82) is 0 Å². The van der Waals surface area contributed by atoms with Crippen LogP contribution in [0, 0.1) is 10.1 Å². The van der Waals surface area contributed by atoms with Crippen LogP contribution in [0.5, 0.6) is 0 Å². The molecule has 0 unspecified atom stereocenters. The quantitative estimate of drug-likeness (QED) is 0.295. The molecule has 20 heavy (non-hydrogen) atoms. The Labute approximate surface area is 120 Å². The molecule has 0 radical (unpaired) electrons. The van der Waals surface area contributed by atoms with Gasteiger partial charge in [-0.25, -0.2) is 9.97 Å². The smallest absolute Gasteiger partial charge is 0.348 e. The molecule has 0 fully saturated rings. The number of anilines is 1. The molecule has 1 aromatic rings. The number of hydrogen-bond donors (Lipinski definition) is 2. The highest BCUT2D eigenvalue weighted by atomic mass is 35.5. The Balaban J connectivity index is 2.81. The molecule has 0 saturated heterocycles. The van der Waals surface area contributed by atoms with Gasteiger partial charge in [0, 0.05) is 13.7 Å². The van der Waals surface area contributed by atoms with Crippen LogP contribution in [-0.2, 0) is 16.1 Å². The van der Waals surface area contributed by atoms with Crippen molar-refractivity contribution in [2.45, 2.75) is 6.61 Å². The molecule has 1 aromatic heterocycles. The molecule has 1 rings (SSSR count). The van der Waals surface area contributed by atoms with Crippen molar-refractivity contribution in [2.24, 2.45) is 0 Å². The van der Waals surface area contributed by atoms with Crippen molar-refractivity contribution in [3.05, 3.63) is 21.1 Å². The second kappa shape index (κ2) is 8.59. The van der Waals surface area contributed by atoms with E-state index in [0.717, 1.165) is 0 Å². The number of aromatic nitrogens is 2. The fraction of sp³-hybridized carbons (Fsp3) is 0.600. The van der Waals surface area contributed by atoms with Crippen LogP contribution in [-0.4, -0.2) is 53.5 Å². The number of rotatable bonds is 9. The third-order valence-electron chi connectivity index (χ3n) is 2.12. The molecule has 1 heterocycles. The maximum absolute atomic E-state index is 11.0. The van der Waals surface area contributed by atoms with Crippen molar-refractivity contribution < 1.29 is 19.5 Å². The monoisotopic (exact) mass is 306 g/mol. The third-order valence-corrected chi connectivity index (χ3v) is 2.38. The second-order valence-corrected chi connectivity index (χ2v) is 3.94. The molecule has 0 amide bonds. The topological polar surface area (TPSA) is 120 Å². The number of hydrogen-bond acceptors (Lipinski definition) is 8. The molecule has 0 aliphatic carbocycles. The van der Waals surface area contributed by atoms with Crippen molar-refractivity contribution in [3.63, 3.8) is 0 Å². The van der Waals surface area contributed by atoms with Crippen LogP contribution in [0.3, 0.4) is 0 Å². The highest BCUT2D eigenvalue weighted by Crippen LogP contribution is 2.29. The van der Waals surface area contributed by atoms with Crippen molar-refractivity contribution in [1.82, 2.24) is 9.97 Å². The van der Waals surface area contributed by atoms with Crippen molar-refractivity contribution in [3.8, 4) is 0 Å². The van der Waals surface area contributed by atoms with Crippen LogP contribution in [0.15, 0.2) is 0 Å². The van der Waals surface area contributed by atoms with Gasteiger partial charge in [0.25, 0.3) is 0 Å². The average Bonchev–Trinajstić information content (AvgIpc) is 2.38. The van der Waals surface area contributed by atoms with E-state index in [0.29, 0.717) is 0 Å². The fourth-order valence-corrected chi connectivity index (χ4v) is 1.61. The number of aliphatic hydroxyl groups is 1. The molecule has 0 saturated carbocycles. The van der Waals surface area contributed by atoms with E-state index in [1.165, 1.54) is 7.11 Å². The van der Waals surface area contributed by atoms with Gasteiger partial charge in [-0.3, -0.25) is 10.1 Å². The Bertz CT molecular complexity index is 460. The van der Waals surface area contributed by atoms with Gasteiger partial charge in [0.15, 0.2) is 5.82 Å². The highest BCUT2D eigenvalue weighted by molar-refractivity contribution is 6.31. The minimum atomic E-state index is -0.657. The van der Waals surface area contributed by atoms with E-state index in [1.54, 1.807) is 0 Å². The van der Waals surface area contributed by atoms with Gasteiger partial charge in [0.1, 0.15) is 6.61 Å². The molecule has 2 N–H and O–H groups in total. The van der Waals surface area contributed by atoms with Crippen LogP contribution < -0.4 is 5.32 Å². The average molecular weight is 307 g/mol. The summed E-state index contributed by atoms with van der Waals surface area (Å²) >= 11 is 5.78. The molecule has 10 heteroatoms. The fourth-order valence-electron chi connectivity index (χ4n) is 1.36. The number of nitrogens with zero attached hydrogens (tertiary/aromatic N) is 3. The van der Waals surface area contributed by atoms with Crippen LogP contribution >= 0.6 is 11.6 Å². The molecular weight excluding hydrogens is 292 g/mol. The van der Waals surface area contributed by atoms with E-state index in [9.17, 15) is 10.1 Å². The summed E-state index contributed by atoms with van der Waals surface area (Å²) in [6.07, 6.45) is 0. The van der Waals surface area contributed by atoms with Gasteiger partial charge in [-0.1, -0.05) is 11.6 Å². The van der Waals surface area contributed by atoms with E-state index in [4.69, 9.17) is 26.2 Å². The van der Waals surface area contributed by atoms with Crippen LogP contribution in [0.1, 0.15) is 5.82 Å². The predicted molar refractivity (Wildman–Crippen MR) is 70.8 cm³/mol. The summed E-state index contributed by atoms with van der Waals surface area (Å²) < 4.78 is 9.89. The molecule has 0 aromatic carbocycles. The van der Waals surface area contributed by atoms with Gasteiger partial charge in [0.05, 0.1) is 24.7 Å². The van der Waals surface area contributed by atoms with Gasteiger partial charge in [0.2, 0.25) is 11.0 Å². The summed E-state index contributed by atoms with van der Waals surface area (Å²) in [6, 6.07) is 0. The minimum absolute atomic E-state index is 0.00893. The second-order valence-electron chi connectivity index (χ2n) is 3.58.